The van der Waals surface area contributed by atoms with Gasteiger partial charge in [0.2, 0.25) is 11.8 Å². The Bertz CT molecular complexity index is 384. The van der Waals surface area contributed by atoms with E-state index >= 15 is 0 Å². The molecule has 2 N–H and O–H groups in total. The van der Waals surface area contributed by atoms with Crippen molar-refractivity contribution >= 4 is 17.8 Å². The Labute approximate surface area is 111 Å². The molecule has 1 saturated carbocycles. The van der Waals surface area contributed by atoms with Crippen LogP contribution in [0.4, 0.5) is 0 Å². The number of nitrogens with zero attached hydrogens (tertiary/aromatic N) is 1. The van der Waals surface area contributed by atoms with Crippen LogP contribution >= 0.6 is 0 Å². The van der Waals surface area contributed by atoms with Gasteiger partial charge in [-0.2, -0.15) is 0 Å². The molecule has 2 fully saturated rings. The van der Waals surface area contributed by atoms with Gasteiger partial charge in [-0.15, -0.1) is 0 Å². The smallest absolute Gasteiger partial charge is 0.332 e. The summed E-state index contributed by atoms with van der Waals surface area (Å²) in [4.78, 5) is 35.9. The lowest BCUT2D eigenvalue weighted by atomic mass is 10.00. The number of fused-ring (bicyclic) bond motifs is 1. The van der Waals surface area contributed by atoms with Crippen molar-refractivity contribution in [2.45, 2.75) is 38.7 Å². The van der Waals surface area contributed by atoms with Crippen LogP contribution in [0.5, 0.6) is 0 Å². The van der Waals surface area contributed by atoms with Crippen LogP contribution in [-0.2, 0) is 14.4 Å². The van der Waals surface area contributed by atoms with Crippen LogP contribution in [0, 0.1) is 17.8 Å². The van der Waals surface area contributed by atoms with Crippen LogP contribution in [-0.4, -0.2) is 45.5 Å². The Morgan fingerprint density at radius 3 is 2.26 bits per heavy atom. The Morgan fingerprint density at radius 2 is 1.84 bits per heavy atom. The highest BCUT2D eigenvalue weighted by atomic mass is 16.4. The molecule has 2 amide bonds. The van der Waals surface area contributed by atoms with Gasteiger partial charge in [-0.05, 0) is 18.8 Å². The second kappa shape index (κ2) is 5.28. The Balaban J connectivity index is 1.97. The highest BCUT2D eigenvalue weighted by molar-refractivity contribution is 6.05. The van der Waals surface area contributed by atoms with Gasteiger partial charge in [-0.3, -0.25) is 14.5 Å². The number of carbonyl (C=O) groups is 3. The minimum atomic E-state index is -1.52. The maximum absolute atomic E-state index is 12.1. The third-order valence-electron chi connectivity index (χ3n) is 4.32. The van der Waals surface area contributed by atoms with Crippen LogP contribution in [0.1, 0.15) is 32.6 Å². The third-order valence-corrected chi connectivity index (χ3v) is 4.32. The summed E-state index contributed by atoms with van der Waals surface area (Å²) < 4.78 is 0. The maximum atomic E-state index is 12.1. The summed E-state index contributed by atoms with van der Waals surface area (Å²) in [5.41, 5.74) is 0. The van der Waals surface area contributed by atoms with Gasteiger partial charge < -0.3 is 10.2 Å². The fourth-order valence-electron chi connectivity index (χ4n) is 3.13. The molecular formula is C13H19NO5. The predicted molar refractivity (Wildman–Crippen MR) is 65.0 cm³/mol. The van der Waals surface area contributed by atoms with Gasteiger partial charge in [0.25, 0.3) is 0 Å². The molecule has 19 heavy (non-hydrogen) atoms. The second-order valence-electron chi connectivity index (χ2n) is 5.43. The quantitative estimate of drug-likeness (QED) is 0.697. The number of amides is 2. The molecule has 3 unspecified atom stereocenters. The number of carbonyl (C=O) groups excluding carboxylic acids is 2. The number of hydrogen-bond donors (Lipinski definition) is 2. The molecule has 1 heterocycles. The predicted octanol–water partition coefficient (Wildman–Crippen LogP) is 0.243. The zero-order valence-corrected chi connectivity index (χ0v) is 10.9. The Hall–Kier alpha value is -1.43. The van der Waals surface area contributed by atoms with Crippen LogP contribution in [0.25, 0.3) is 0 Å². The molecule has 2 aliphatic rings. The van der Waals surface area contributed by atoms with Gasteiger partial charge in [-0.1, -0.05) is 13.3 Å². The molecule has 3 atom stereocenters. The lowest BCUT2D eigenvalue weighted by Gasteiger charge is -2.18. The first kappa shape index (κ1) is 14.0. The van der Waals surface area contributed by atoms with Crippen molar-refractivity contribution in [3.63, 3.8) is 0 Å². The zero-order valence-electron chi connectivity index (χ0n) is 10.9. The summed E-state index contributed by atoms with van der Waals surface area (Å²) in [6, 6.07) is 0. The summed E-state index contributed by atoms with van der Waals surface area (Å²) in [5.74, 6) is -1.72. The van der Waals surface area contributed by atoms with E-state index in [0.717, 1.165) is 24.2 Å². The van der Waals surface area contributed by atoms with Crippen molar-refractivity contribution in [3.05, 3.63) is 0 Å². The monoisotopic (exact) mass is 269 g/mol. The van der Waals surface area contributed by atoms with E-state index < -0.39 is 12.1 Å². The molecule has 0 radical (unpaired) electrons. The highest BCUT2D eigenvalue weighted by Gasteiger charge is 2.51. The van der Waals surface area contributed by atoms with E-state index in [4.69, 9.17) is 5.11 Å². The summed E-state index contributed by atoms with van der Waals surface area (Å²) in [6.45, 7) is 2.05. The highest BCUT2D eigenvalue weighted by Crippen LogP contribution is 2.44. The van der Waals surface area contributed by atoms with E-state index in [2.05, 4.69) is 6.92 Å². The number of rotatable bonds is 5. The topological polar surface area (TPSA) is 94.9 Å². The number of aliphatic hydroxyl groups excluding tert-OH is 1. The molecule has 1 aliphatic carbocycles. The van der Waals surface area contributed by atoms with Gasteiger partial charge in [0.05, 0.1) is 11.8 Å². The van der Waals surface area contributed by atoms with Gasteiger partial charge >= 0.3 is 5.97 Å². The van der Waals surface area contributed by atoms with Crippen molar-refractivity contribution in [1.82, 2.24) is 4.90 Å². The van der Waals surface area contributed by atoms with E-state index in [1.54, 1.807) is 0 Å². The molecule has 1 aliphatic heterocycles. The third kappa shape index (κ3) is 2.49. The van der Waals surface area contributed by atoms with Crippen LogP contribution in [0.15, 0.2) is 0 Å². The van der Waals surface area contributed by atoms with E-state index in [1.165, 1.54) is 0 Å². The summed E-state index contributed by atoms with van der Waals surface area (Å²) >= 11 is 0. The molecule has 0 bridgehead atoms. The summed E-state index contributed by atoms with van der Waals surface area (Å²) in [6.07, 6.45) is 0.854. The van der Waals surface area contributed by atoms with Crippen molar-refractivity contribution < 1.29 is 24.6 Å². The maximum Gasteiger partial charge on any atom is 0.332 e. The van der Waals surface area contributed by atoms with E-state index in [9.17, 15) is 19.5 Å². The molecule has 6 heteroatoms. The first-order valence-corrected chi connectivity index (χ1v) is 6.71. The molecule has 2 rings (SSSR count). The first-order valence-electron chi connectivity index (χ1n) is 6.71. The average Bonchev–Trinajstić information content (AvgIpc) is 2.89. The van der Waals surface area contributed by atoms with Gasteiger partial charge in [0.1, 0.15) is 0 Å². The van der Waals surface area contributed by atoms with Crippen LogP contribution in [0.3, 0.4) is 0 Å². The molecule has 0 aromatic heterocycles. The fraction of sp³-hybridized carbons (Fsp3) is 0.769. The number of aliphatic hydroxyl groups is 1. The summed E-state index contributed by atoms with van der Waals surface area (Å²) in [7, 11) is 0. The molecule has 0 aromatic carbocycles. The Morgan fingerprint density at radius 1 is 1.32 bits per heavy atom. The standard InChI is InChI=1S/C13H19NO5/c1-2-7-5-8-9(6-7)12(17)14(11(8)16)4-3-10(15)13(18)19/h7-10,15H,2-6H2,1H3,(H,18,19). The molecule has 0 spiro atoms. The largest absolute Gasteiger partial charge is 0.479 e. The minimum absolute atomic E-state index is 0.00503. The van der Waals surface area contributed by atoms with E-state index in [-0.39, 0.29) is 36.6 Å². The van der Waals surface area contributed by atoms with Gasteiger partial charge in [-0.25, -0.2) is 4.79 Å². The summed E-state index contributed by atoms with van der Waals surface area (Å²) in [5, 5.41) is 17.8. The lowest BCUT2D eigenvalue weighted by molar-refractivity contribution is -0.149. The molecular weight excluding hydrogens is 250 g/mol. The molecule has 6 nitrogen and oxygen atoms in total. The number of carboxylic acid groups (broad SMARTS) is 1. The lowest BCUT2D eigenvalue weighted by Crippen LogP contribution is -2.36. The van der Waals surface area contributed by atoms with Gasteiger partial charge in [0.15, 0.2) is 6.10 Å². The first-order chi connectivity index (χ1) is 8.95. The van der Waals surface area contributed by atoms with Crippen LogP contribution in [0.2, 0.25) is 0 Å². The molecule has 1 saturated heterocycles. The van der Waals surface area contributed by atoms with Crippen molar-refractivity contribution in [2.24, 2.45) is 17.8 Å². The fourth-order valence-corrected chi connectivity index (χ4v) is 3.13. The zero-order chi connectivity index (χ0) is 14.2. The van der Waals surface area contributed by atoms with Crippen molar-refractivity contribution in [3.8, 4) is 0 Å². The normalized spacial score (nSPS) is 31.7. The van der Waals surface area contributed by atoms with Crippen molar-refractivity contribution in [2.75, 3.05) is 6.54 Å². The Kier molecular flexibility index (Phi) is 3.89. The second-order valence-corrected chi connectivity index (χ2v) is 5.43. The van der Waals surface area contributed by atoms with Crippen molar-refractivity contribution in [1.29, 1.82) is 0 Å². The SMILES string of the molecule is CCC1CC2C(=O)N(CCC(O)C(=O)O)C(=O)C2C1. The number of hydrogen-bond acceptors (Lipinski definition) is 4. The number of imide groups is 1. The number of carboxylic acids is 1. The number of aliphatic carboxylic acids is 1. The molecule has 0 aromatic rings. The van der Waals surface area contributed by atoms with E-state index in [1.807, 2.05) is 0 Å². The minimum Gasteiger partial charge on any atom is -0.479 e. The van der Waals surface area contributed by atoms with Gasteiger partial charge in [0, 0.05) is 13.0 Å². The molecule has 106 valence electrons. The van der Waals surface area contributed by atoms with Crippen LogP contribution < -0.4 is 0 Å². The van der Waals surface area contributed by atoms with E-state index in [0.29, 0.717) is 5.92 Å². The average molecular weight is 269 g/mol. The number of likely N-dealkylation sites (tertiary alicyclic amines) is 1.